The molecule has 0 saturated carbocycles. The molecule has 0 saturated heterocycles. The van der Waals surface area contributed by atoms with Crippen LogP contribution in [0.1, 0.15) is 10.4 Å². The number of amides is 1. The summed E-state index contributed by atoms with van der Waals surface area (Å²) in [6.07, 6.45) is 1.75. The van der Waals surface area contributed by atoms with Gasteiger partial charge in [0, 0.05) is 30.7 Å². The minimum Gasteiger partial charge on any atom is -0.312 e. The van der Waals surface area contributed by atoms with Crippen molar-refractivity contribution in [2.24, 2.45) is 4.99 Å². The fourth-order valence-corrected chi connectivity index (χ4v) is 5.06. The summed E-state index contributed by atoms with van der Waals surface area (Å²) in [4.78, 5) is 17.6. The highest BCUT2D eigenvalue weighted by Crippen LogP contribution is 2.22. The topological polar surface area (TPSA) is 71.7 Å². The van der Waals surface area contributed by atoms with Gasteiger partial charge in [-0.15, -0.1) is 6.58 Å². The van der Waals surface area contributed by atoms with Crippen LogP contribution in [0.5, 0.6) is 0 Å². The van der Waals surface area contributed by atoms with E-state index in [1.807, 2.05) is 22.8 Å². The molecule has 0 aliphatic heterocycles. The molecule has 0 aliphatic carbocycles. The molecule has 2 aromatic carbocycles. The van der Waals surface area contributed by atoms with Gasteiger partial charge in [-0.25, -0.2) is 12.7 Å². The van der Waals surface area contributed by atoms with Gasteiger partial charge in [0.05, 0.1) is 15.1 Å². The van der Waals surface area contributed by atoms with Crippen molar-refractivity contribution < 1.29 is 13.2 Å². The standard InChI is InChI=1S/C19H18BrN3O3S2/c1-4-11-23-16-10-7-14(20)12-17(16)27-19(23)21-18(24)13-5-8-15(9-6-13)28(25,26)22(2)3/h4-10,12H,1,11H2,2-3H3. The van der Waals surface area contributed by atoms with E-state index in [1.54, 1.807) is 6.08 Å². The predicted octanol–water partition coefficient (Wildman–Crippen LogP) is 3.64. The summed E-state index contributed by atoms with van der Waals surface area (Å²) >= 11 is 4.86. The van der Waals surface area contributed by atoms with Gasteiger partial charge >= 0.3 is 0 Å². The first kappa shape index (κ1) is 20.7. The minimum absolute atomic E-state index is 0.127. The molecule has 1 amide bonds. The van der Waals surface area contributed by atoms with Crippen LogP contribution >= 0.6 is 27.3 Å². The number of thiazole rings is 1. The first-order valence-corrected chi connectivity index (χ1v) is 11.3. The van der Waals surface area contributed by atoms with Gasteiger partial charge in [-0.05, 0) is 42.5 Å². The van der Waals surface area contributed by atoms with Crippen LogP contribution in [0.15, 0.2) is 69.5 Å². The number of nitrogens with zero attached hydrogens (tertiary/aromatic N) is 3. The van der Waals surface area contributed by atoms with E-state index < -0.39 is 15.9 Å². The van der Waals surface area contributed by atoms with Gasteiger partial charge in [0.2, 0.25) is 10.0 Å². The molecule has 146 valence electrons. The van der Waals surface area contributed by atoms with Crippen LogP contribution in [-0.4, -0.2) is 37.3 Å². The van der Waals surface area contributed by atoms with Crippen molar-refractivity contribution >= 4 is 53.4 Å². The number of hydrogen-bond donors (Lipinski definition) is 0. The average molecular weight is 480 g/mol. The second kappa shape index (κ2) is 8.12. The Balaban J connectivity index is 2.03. The van der Waals surface area contributed by atoms with Crippen LogP contribution in [0, 0.1) is 0 Å². The Labute approximate surface area is 175 Å². The number of halogens is 1. The first-order chi connectivity index (χ1) is 13.2. The summed E-state index contributed by atoms with van der Waals surface area (Å²) in [5, 5.41) is 0. The number of aromatic nitrogens is 1. The van der Waals surface area contributed by atoms with Crippen LogP contribution in [0.4, 0.5) is 0 Å². The monoisotopic (exact) mass is 479 g/mol. The molecule has 0 fully saturated rings. The molecular formula is C19H18BrN3O3S2. The lowest BCUT2D eigenvalue weighted by Crippen LogP contribution is -2.22. The number of allylic oxidation sites excluding steroid dienone is 1. The molecule has 1 aromatic heterocycles. The summed E-state index contributed by atoms with van der Waals surface area (Å²) < 4.78 is 29.3. The molecule has 3 rings (SSSR count). The second-order valence-corrected chi connectivity index (χ2v) is 10.2. The molecular weight excluding hydrogens is 462 g/mol. The van der Waals surface area contributed by atoms with E-state index in [2.05, 4.69) is 27.5 Å². The Morgan fingerprint density at radius 1 is 1.25 bits per heavy atom. The molecule has 0 aliphatic rings. The van der Waals surface area contributed by atoms with Gasteiger partial charge in [-0.3, -0.25) is 4.79 Å². The van der Waals surface area contributed by atoms with Crippen molar-refractivity contribution in [2.45, 2.75) is 11.4 Å². The van der Waals surface area contributed by atoms with E-state index in [0.717, 1.165) is 19.0 Å². The lowest BCUT2D eigenvalue weighted by Gasteiger charge is -2.11. The zero-order valence-electron chi connectivity index (χ0n) is 15.3. The SMILES string of the molecule is C=CCn1c(=NC(=O)c2ccc(S(=O)(=O)N(C)C)cc2)sc2cc(Br)ccc21. The fraction of sp³-hybridized carbons (Fsp3) is 0.158. The lowest BCUT2D eigenvalue weighted by atomic mass is 10.2. The average Bonchev–Trinajstić information content (AvgIpc) is 2.98. The second-order valence-electron chi connectivity index (χ2n) is 6.12. The van der Waals surface area contributed by atoms with Crippen molar-refractivity contribution in [1.29, 1.82) is 0 Å². The number of fused-ring (bicyclic) bond motifs is 1. The lowest BCUT2D eigenvalue weighted by molar-refractivity contribution is 0.0998. The largest absolute Gasteiger partial charge is 0.312 e. The van der Waals surface area contributed by atoms with Crippen molar-refractivity contribution in [3.63, 3.8) is 0 Å². The zero-order chi connectivity index (χ0) is 20.5. The number of rotatable bonds is 5. The Bertz CT molecular complexity index is 1220. The normalized spacial score (nSPS) is 12.6. The molecule has 0 spiro atoms. The quantitative estimate of drug-likeness (QED) is 0.524. The smallest absolute Gasteiger partial charge is 0.279 e. The van der Waals surface area contributed by atoms with Crippen LogP contribution in [0.3, 0.4) is 0 Å². The molecule has 28 heavy (non-hydrogen) atoms. The first-order valence-electron chi connectivity index (χ1n) is 8.25. The third-order valence-electron chi connectivity index (χ3n) is 4.03. The maximum Gasteiger partial charge on any atom is 0.279 e. The maximum absolute atomic E-state index is 12.6. The van der Waals surface area contributed by atoms with Gasteiger partial charge in [0.1, 0.15) is 0 Å². The van der Waals surface area contributed by atoms with E-state index in [9.17, 15) is 13.2 Å². The molecule has 6 nitrogen and oxygen atoms in total. The summed E-state index contributed by atoms with van der Waals surface area (Å²) in [6, 6.07) is 11.7. The van der Waals surface area contributed by atoms with Crippen molar-refractivity contribution in [1.82, 2.24) is 8.87 Å². The van der Waals surface area contributed by atoms with E-state index in [1.165, 1.54) is 49.7 Å². The zero-order valence-corrected chi connectivity index (χ0v) is 18.5. The van der Waals surface area contributed by atoms with E-state index >= 15 is 0 Å². The molecule has 0 N–H and O–H groups in total. The highest BCUT2D eigenvalue weighted by atomic mass is 79.9. The molecule has 0 unspecified atom stereocenters. The number of benzene rings is 2. The van der Waals surface area contributed by atoms with E-state index in [0.29, 0.717) is 16.9 Å². The highest BCUT2D eigenvalue weighted by Gasteiger charge is 2.17. The third-order valence-corrected chi connectivity index (χ3v) is 7.40. The maximum atomic E-state index is 12.6. The van der Waals surface area contributed by atoms with Gasteiger partial charge in [-0.1, -0.05) is 33.3 Å². The van der Waals surface area contributed by atoms with Crippen molar-refractivity contribution in [3.05, 3.63) is 70.0 Å². The molecule has 1 heterocycles. The van der Waals surface area contributed by atoms with Crippen LogP contribution in [0.25, 0.3) is 10.2 Å². The number of sulfonamides is 1. The molecule has 3 aromatic rings. The Hall–Kier alpha value is -2.07. The van der Waals surface area contributed by atoms with Crippen LogP contribution < -0.4 is 4.80 Å². The summed E-state index contributed by atoms with van der Waals surface area (Å²) in [7, 11) is -0.619. The molecule has 9 heteroatoms. The minimum atomic E-state index is -3.54. The van der Waals surface area contributed by atoms with Gasteiger partial charge in [0.15, 0.2) is 4.80 Å². The Morgan fingerprint density at radius 3 is 2.54 bits per heavy atom. The number of hydrogen-bond acceptors (Lipinski definition) is 4. The predicted molar refractivity (Wildman–Crippen MR) is 115 cm³/mol. The number of carbonyl (C=O) groups is 1. The van der Waals surface area contributed by atoms with Crippen molar-refractivity contribution in [3.8, 4) is 0 Å². The van der Waals surface area contributed by atoms with Crippen molar-refractivity contribution in [2.75, 3.05) is 14.1 Å². The van der Waals surface area contributed by atoms with Crippen LogP contribution in [-0.2, 0) is 16.6 Å². The molecule has 0 bridgehead atoms. The van der Waals surface area contributed by atoms with Gasteiger partial charge < -0.3 is 4.57 Å². The van der Waals surface area contributed by atoms with E-state index in [-0.39, 0.29) is 4.90 Å². The van der Waals surface area contributed by atoms with Crippen LogP contribution in [0.2, 0.25) is 0 Å². The highest BCUT2D eigenvalue weighted by molar-refractivity contribution is 9.10. The third kappa shape index (κ3) is 4.02. The van der Waals surface area contributed by atoms with Gasteiger partial charge in [-0.2, -0.15) is 4.99 Å². The van der Waals surface area contributed by atoms with Gasteiger partial charge in [0.25, 0.3) is 5.91 Å². The Kier molecular flexibility index (Phi) is 5.99. The summed E-state index contributed by atoms with van der Waals surface area (Å²) in [6.45, 7) is 4.29. The molecule has 0 radical (unpaired) electrons. The molecule has 0 atom stereocenters. The Morgan fingerprint density at radius 2 is 1.93 bits per heavy atom. The number of carbonyl (C=O) groups excluding carboxylic acids is 1. The fourth-order valence-electron chi connectivity index (χ4n) is 2.57. The summed E-state index contributed by atoms with van der Waals surface area (Å²) in [5.41, 5.74) is 1.29. The van der Waals surface area contributed by atoms with E-state index in [4.69, 9.17) is 0 Å². The summed E-state index contributed by atoms with van der Waals surface area (Å²) in [5.74, 6) is -0.433.